The summed E-state index contributed by atoms with van der Waals surface area (Å²) in [6.07, 6.45) is -4.59. The molecule has 0 aliphatic heterocycles. The van der Waals surface area contributed by atoms with Gasteiger partial charge >= 0.3 is 6.18 Å². The number of alkyl halides is 3. The summed E-state index contributed by atoms with van der Waals surface area (Å²) in [6, 6.07) is 0. The molecule has 0 saturated carbocycles. The topological polar surface area (TPSA) is 35.8 Å². The van der Waals surface area contributed by atoms with Crippen molar-refractivity contribution in [3.05, 3.63) is 0 Å². The Morgan fingerprint density at radius 1 is 1.40 bits per heavy atom. The maximum Gasteiger partial charge on any atom is 0.452 e. The van der Waals surface area contributed by atoms with E-state index in [0.29, 0.717) is 4.90 Å². The lowest BCUT2D eigenvalue weighted by atomic mass is 10.5. The summed E-state index contributed by atoms with van der Waals surface area (Å²) in [7, 11) is 2.28. The van der Waals surface area contributed by atoms with E-state index in [2.05, 4.69) is 5.16 Å². The first kappa shape index (κ1) is 9.06. The number of hydrogen-bond donors (Lipinski definition) is 1. The molecular weight excluding hydrogens is 149 g/mol. The van der Waals surface area contributed by atoms with Gasteiger partial charge in [0.25, 0.3) is 0 Å². The fourth-order valence-corrected chi connectivity index (χ4v) is 0.400. The predicted molar refractivity (Wildman–Crippen MR) is 29.0 cm³/mol. The minimum Gasteiger partial charge on any atom is -0.409 e. The summed E-state index contributed by atoms with van der Waals surface area (Å²) in [5.41, 5.74) is 0. The van der Waals surface area contributed by atoms with Crippen LogP contribution in [0.5, 0.6) is 0 Å². The average Bonchev–Trinajstić information content (AvgIpc) is 1.60. The first-order valence-corrected chi connectivity index (χ1v) is 2.36. The van der Waals surface area contributed by atoms with Gasteiger partial charge in [-0.25, -0.2) is 0 Å². The van der Waals surface area contributed by atoms with Crippen molar-refractivity contribution in [1.82, 2.24) is 4.90 Å². The maximum atomic E-state index is 11.6. The van der Waals surface area contributed by atoms with Crippen LogP contribution in [0.2, 0.25) is 0 Å². The van der Waals surface area contributed by atoms with Crippen molar-refractivity contribution in [2.75, 3.05) is 14.1 Å². The van der Waals surface area contributed by atoms with E-state index >= 15 is 0 Å². The van der Waals surface area contributed by atoms with Gasteiger partial charge in [-0.3, -0.25) is 0 Å². The third-order valence-electron chi connectivity index (χ3n) is 0.772. The highest BCUT2D eigenvalue weighted by Crippen LogP contribution is 2.17. The van der Waals surface area contributed by atoms with Gasteiger partial charge in [0.2, 0.25) is 5.84 Å². The van der Waals surface area contributed by atoms with Crippen molar-refractivity contribution < 1.29 is 18.4 Å². The monoisotopic (exact) mass is 156 g/mol. The zero-order valence-corrected chi connectivity index (χ0v) is 5.48. The van der Waals surface area contributed by atoms with Gasteiger partial charge in [0.1, 0.15) is 0 Å². The minimum atomic E-state index is -4.59. The normalized spacial score (nSPS) is 13.5. The molecule has 0 saturated heterocycles. The Labute approximate surface area is 55.7 Å². The van der Waals surface area contributed by atoms with Crippen LogP contribution in [0.25, 0.3) is 0 Å². The molecule has 0 radical (unpaired) electrons. The molecular formula is C4H7F3N2O. The van der Waals surface area contributed by atoms with Crippen LogP contribution >= 0.6 is 0 Å². The van der Waals surface area contributed by atoms with Crippen LogP contribution in [0.1, 0.15) is 0 Å². The Morgan fingerprint density at radius 2 is 1.80 bits per heavy atom. The van der Waals surface area contributed by atoms with E-state index in [1.165, 1.54) is 0 Å². The third-order valence-corrected chi connectivity index (χ3v) is 0.772. The molecule has 0 aromatic rings. The van der Waals surface area contributed by atoms with Crippen molar-refractivity contribution in [1.29, 1.82) is 0 Å². The standard InChI is InChI=1S/C4H7F3N2O/c1-9(2)3(8-10)4(5,6)7/h10H,1-2H3. The van der Waals surface area contributed by atoms with Gasteiger partial charge in [0.15, 0.2) is 0 Å². The van der Waals surface area contributed by atoms with Crippen molar-refractivity contribution in [2.45, 2.75) is 6.18 Å². The Balaban J connectivity index is 4.40. The lowest BCUT2D eigenvalue weighted by molar-refractivity contribution is -0.0693. The first-order valence-electron chi connectivity index (χ1n) is 2.36. The van der Waals surface area contributed by atoms with Gasteiger partial charge in [-0.15, -0.1) is 0 Å². The predicted octanol–water partition coefficient (Wildman–Crippen LogP) is 0.898. The SMILES string of the molecule is CN(C)C(=NO)C(F)(F)F. The number of amidine groups is 1. The summed E-state index contributed by atoms with van der Waals surface area (Å²) in [5, 5.41) is 9.93. The van der Waals surface area contributed by atoms with Crippen LogP contribution in [0, 0.1) is 0 Å². The van der Waals surface area contributed by atoms with Gasteiger partial charge in [-0.05, 0) is 0 Å². The Bertz CT molecular complexity index is 140. The Morgan fingerprint density at radius 3 is 1.80 bits per heavy atom. The van der Waals surface area contributed by atoms with Gasteiger partial charge < -0.3 is 10.1 Å². The molecule has 0 fully saturated rings. The molecule has 0 amide bonds. The molecule has 0 spiro atoms. The molecule has 3 nitrogen and oxygen atoms in total. The fourth-order valence-electron chi connectivity index (χ4n) is 0.400. The molecule has 0 aromatic heterocycles. The molecule has 0 aromatic carbocycles. The van der Waals surface area contributed by atoms with E-state index in [4.69, 9.17) is 5.21 Å². The zero-order valence-electron chi connectivity index (χ0n) is 5.48. The number of rotatable bonds is 0. The summed E-state index contributed by atoms with van der Waals surface area (Å²) >= 11 is 0. The minimum absolute atomic E-state index is 0.681. The van der Waals surface area contributed by atoms with Crippen LogP contribution < -0.4 is 0 Å². The van der Waals surface area contributed by atoms with E-state index in [-0.39, 0.29) is 0 Å². The summed E-state index contributed by atoms with van der Waals surface area (Å²) in [4.78, 5) is 0.681. The molecule has 1 N–H and O–H groups in total. The van der Waals surface area contributed by atoms with E-state index < -0.39 is 12.0 Å². The second-order valence-corrected chi connectivity index (χ2v) is 1.82. The smallest absolute Gasteiger partial charge is 0.409 e. The Hall–Kier alpha value is -0.940. The number of halogens is 3. The van der Waals surface area contributed by atoms with Crippen molar-refractivity contribution in [2.24, 2.45) is 5.16 Å². The van der Waals surface area contributed by atoms with Crippen LogP contribution in [0.3, 0.4) is 0 Å². The van der Waals surface area contributed by atoms with Crippen molar-refractivity contribution in [3.8, 4) is 0 Å². The number of oxime groups is 1. The van der Waals surface area contributed by atoms with Crippen molar-refractivity contribution >= 4 is 5.84 Å². The van der Waals surface area contributed by atoms with Crippen LogP contribution in [0.4, 0.5) is 13.2 Å². The molecule has 0 bridgehead atoms. The highest BCUT2D eigenvalue weighted by atomic mass is 19.4. The second kappa shape index (κ2) is 2.76. The number of nitrogens with zero attached hydrogens (tertiary/aromatic N) is 2. The van der Waals surface area contributed by atoms with Gasteiger partial charge in [-0.2, -0.15) is 13.2 Å². The summed E-state index contributed by atoms with van der Waals surface area (Å²) in [6.45, 7) is 0. The number of hydrogen-bond acceptors (Lipinski definition) is 2. The lowest BCUT2D eigenvalue weighted by Crippen LogP contribution is -2.36. The van der Waals surface area contributed by atoms with Crippen LogP contribution in [0.15, 0.2) is 5.16 Å². The molecule has 10 heavy (non-hydrogen) atoms. The zero-order chi connectivity index (χ0) is 8.36. The molecule has 60 valence electrons. The van der Waals surface area contributed by atoms with Crippen molar-refractivity contribution in [3.63, 3.8) is 0 Å². The largest absolute Gasteiger partial charge is 0.452 e. The quantitative estimate of drug-likeness (QED) is 0.245. The molecule has 0 unspecified atom stereocenters. The van der Waals surface area contributed by atoms with E-state index in [1.807, 2.05) is 0 Å². The molecule has 6 heteroatoms. The van der Waals surface area contributed by atoms with Crippen LogP contribution in [-0.4, -0.2) is 36.2 Å². The van der Waals surface area contributed by atoms with E-state index in [1.54, 1.807) is 0 Å². The summed E-state index contributed by atoms with van der Waals surface area (Å²) < 4.78 is 34.9. The lowest BCUT2D eigenvalue weighted by Gasteiger charge is -2.15. The first-order chi connectivity index (χ1) is 4.39. The summed E-state index contributed by atoms with van der Waals surface area (Å²) in [5.74, 6) is -1.31. The third kappa shape index (κ3) is 2.12. The molecule has 0 aliphatic carbocycles. The average molecular weight is 156 g/mol. The molecule has 0 rings (SSSR count). The van der Waals surface area contributed by atoms with Gasteiger partial charge in [0.05, 0.1) is 0 Å². The molecule has 0 aliphatic rings. The Kier molecular flexibility index (Phi) is 2.50. The molecule has 0 heterocycles. The highest BCUT2D eigenvalue weighted by molar-refractivity contribution is 5.86. The second-order valence-electron chi connectivity index (χ2n) is 1.82. The van der Waals surface area contributed by atoms with E-state index in [0.717, 1.165) is 14.1 Å². The molecule has 0 atom stereocenters. The maximum absolute atomic E-state index is 11.6. The van der Waals surface area contributed by atoms with E-state index in [9.17, 15) is 13.2 Å². The van der Waals surface area contributed by atoms with Gasteiger partial charge in [-0.1, -0.05) is 5.16 Å². The van der Waals surface area contributed by atoms with Gasteiger partial charge in [0, 0.05) is 14.1 Å². The van der Waals surface area contributed by atoms with Crippen LogP contribution in [-0.2, 0) is 0 Å². The fraction of sp³-hybridized carbons (Fsp3) is 0.750. The highest BCUT2D eigenvalue weighted by Gasteiger charge is 2.38.